The molecule has 1 N–H and O–H groups in total. The molecule has 0 saturated heterocycles. The van der Waals surface area contributed by atoms with Crippen LogP contribution in [0.3, 0.4) is 0 Å². The molecule has 0 radical (unpaired) electrons. The van der Waals surface area contributed by atoms with Gasteiger partial charge in [0.05, 0.1) is 41.6 Å². The van der Waals surface area contributed by atoms with Gasteiger partial charge in [-0.15, -0.1) is 0 Å². The summed E-state index contributed by atoms with van der Waals surface area (Å²) in [5.41, 5.74) is 2.44. The number of methoxy groups -OCH3 is 5. The highest BCUT2D eigenvalue weighted by Gasteiger charge is 2.34. The number of aromatic nitrogens is 1. The number of rotatable bonds is 7. The molecule has 0 fully saturated rings. The predicted octanol–water partition coefficient (Wildman–Crippen LogP) is 4.17. The van der Waals surface area contributed by atoms with Crippen LogP contribution in [0.15, 0.2) is 48.7 Å². The minimum Gasteiger partial charge on any atom is -0.493 e. The average Bonchev–Trinajstić information content (AvgIpc) is 3.35. The maximum atomic E-state index is 13.5. The fourth-order valence-electron chi connectivity index (χ4n) is 4.32. The van der Waals surface area contributed by atoms with E-state index in [1.807, 2.05) is 30.5 Å². The largest absolute Gasteiger partial charge is 0.493 e. The van der Waals surface area contributed by atoms with Gasteiger partial charge < -0.3 is 38.5 Å². The van der Waals surface area contributed by atoms with Crippen molar-refractivity contribution in [1.29, 1.82) is 0 Å². The molecule has 34 heavy (non-hydrogen) atoms. The summed E-state index contributed by atoms with van der Waals surface area (Å²) in [6.45, 7) is 1.20. The molecule has 4 rings (SSSR count). The van der Waals surface area contributed by atoms with Gasteiger partial charge in [0.15, 0.2) is 23.0 Å². The average molecular weight is 468 g/mol. The number of hydrogen-bond acceptors (Lipinski definition) is 6. The van der Waals surface area contributed by atoms with Crippen molar-refractivity contribution in [2.75, 3.05) is 47.4 Å². The van der Waals surface area contributed by atoms with E-state index in [1.165, 1.54) is 0 Å². The number of benzene rings is 2. The number of urea groups is 1. The zero-order valence-electron chi connectivity index (χ0n) is 20.0. The Labute approximate surface area is 198 Å². The number of carbonyl (C=O) groups is 1. The van der Waals surface area contributed by atoms with Crippen LogP contribution in [0.4, 0.5) is 10.5 Å². The van der Waals surface area contributed by atoms with Gasteiger partial charge >= 0.3 is 6.03 Å². The molecule has 0 bridgehead atoms. The van der Waals surface area contributed by atoms with Gasteiger partial charge in [-0.3, -0.25) is 0 Å². The highest BCUT2D eigenvalue weighted by Crippen LogP contribution is 2.43. The zero-order chi connectivity index (χ0) is 24.2. The number of nitrogens with one attached hydrogen (secondary N) is 1. The lowest BCUT2D eigenvalue weighted by molar-refractivity contribution is 0.181. The van der Waals surface area contributed by atoms with E-state index in [1.54, 1.807) is 58.6 Å². The Morgan fingerprint density at radius 1 is 0.824 bits per heavy atom. The summed E-state index contributed by atoms with van der Waals surface area (Å²) in [4.78, 5) is 15.3. The standard InChI is InChI=1S/C25H29N3O6/c1-30-19-9-8-17(15-20(19)31-2)26-25(29)28-12-11-27-10-6-7-18(27)23(28)16-13-21(32-3)24(34-5)22(14-16)33-4/h6-10,13-15,23H,11-12H2,1-5H3,(H,26,29)/t23-/m1/s1. The second kappa shape index (κ2) is 9.86. The first-order valence-electron chi connectivity index (χ1n) is 10.8. The van der Waals surface area contributed by atoms with Gasteiger partial charge in [-0.25, -0.2) is 4.79 Å². The number of ether oxygens (including phenoxy) is 5. The van der Waals surface area contributed by atoms with E-state index in [2.05, 4.69) is 9.88 Å². The molecular formula is C25H29N3O6. The Morgan fingerprint density at radius 2 is 1.50 bits per heavy atom. The fourth-order valence-corrected chi connectivity index (χ4v) is 4.32. The highest BCUT2D eigenvalue weighted by atomic mass is 16.5. The Kier molecular flexibility index (Phi) is 6.72. The van der Waals surface area contributed by atoms with Gasteiger partial charge in [-0.1, -0.05) is 0 Å². The van der Waals surface area contributed by atoms with Crippen LogP contribution in [0.2, 0.25) is 0 Å². The van der Waals surface area contributed by atoms with E-state index in [4.69, 9.17) is 23.7 Å². The van der Waals surface area contributed by atoms with Crippen LogP contribution in [-0.4, -0.2) is 57.6 Å². The summed E-state index contributed by atoms with van der Waals surface area (Å²) in [5.74, 6) is 2.68. The summed E-state index contributed by atoms with van der Waals surface area (Å²) in [6, 6.07) is 12.4. The molecule has 0 spiro atoms. The minimum absolute atomic E-state index is 0.238. The number of carbonyl (C=O) groups excluding carboxylic acids is 1. The first-order chi connectivity index (χ1) is 16.5. The molecule has 3 aromatic rings. The van der Waals surface area contributed by atoms with E-state index in [9.17, 15) is 4.79 Å². The number of amides is 2. The molecule has 1 aliphatic rings. The molecule has 0 saturated carbocycles. The lowest BCUT2D eigenvalue weighted by Crippen LogP contribution is -2.44. The summed E-state index contributed by atoms with van der Waals surface area (Å²) in [6.07, 6.45) is 2.02. The minimum atomic E-state index is -0.363. The number of anilines is 1. The third-order valence-electron chi connectivity index (χ3n) is 5.94. The molecule has 2 aromatic carbocycles. The monoisotopic (exact) mass is 467 g/mol. The van der Waals surface area contributed by atoms with Crippen LogP contribution in [0.25, 0.3) is 0 Å². The maximum Gasteiger partial charge on any atom is 0.322 e. The van der Waals surface area contributed by atoms with E-state index in [-0.39, 0.29) is 12.1 Å². The molecule has 1 aliphatic heterocycles. The van der Waals surface area contributed by atoms with E-state index < -0.39 is 0 Å². The highest BCUT2D eigenvalue weighted by molar-refractivity contribution is 5.90. The van der Waals surface area contributed by atoms with Crippen LogP contribution in [0.5, 0.6) is 28.7 Å². The molecule has 2 heterocycles. The summed E-state index contributed by atoms with van der Waals surface area (Å²) in [7, 11) is 7.84. The number of fused-ring (bicyclic) bond motifs is 1. The Bertz CT molecular complexity index is 1150. The summed E-state index contributed by atoms with van der Waals surface area (Å²) in [5, 5.41) is 3.00. The molecule has 1 aromatic heterocycles. The Morgan fingerprint density at radius 3 is 2.12 bits per heavy atom. The molecule has 2 amide bonds. The van der Waals surface area contributed by atoms with Crippen molar-refractivity contribution in [2.24, 2.45) is 0 Å². The van der Waals surface area contributed by atoms with Gasteiger partial charge in [-0.05, 0) is 42.0 Å². The quantitative estimate of drug-likeness (QED) is 0.562. The lowest BCUT2D eigenvalue weighted by atomic mass is 9.99. The molecule has 180 valence electrons. The third kappa shape index (κ3) is 4.16. The lowest BCUT2D eigenvalue weighted by Gasteiger charge is -2.37. The fraction of sp³-hybridized carbons (Fsp3) is 0.320. The van der Waals surface area contributed by atoms with Gasteiger partial charge in [0, 0.05) is 36.7 Å². The van der Waals surface area contributed by atoms with Crippen molar-refractivity contribution in [3.63, 3.8) is 0 Å². The zero-order valence-corrected chi connectivity index (χ0v) is 20.0. The smallest absolute Gasteiger partial charge is 0.322 e. The van der Waals surface area contributed by atoms with Crippen LogP contribution in [-0.2, 0) is 6.54 Å². The number of nitrogens with zero attached hydrogens (tertiary/aromatic N) is 2. The first kappa shape index (κ1) is 23.2. The van der Waals surface area contributed by atoms with E-state index >= 15 is 0 Å². The molecule has 1 atom stereocenters. The van der Waals surface area contributed by atoms with Gasteiger partial charge in [0.25, 0.3) is 0 Å². The van der Waals surface area contributed by atoms with Gasteiger partial charge in [0.1, 0.15) is 0 Å². The molecule has 9 heteroatoms. The molecular weight excluding hydrogens is 438 g/mol. The van der Waals surface area contributed by atoms with Crippen LogP contribution < -0.4 is 29.0 Å². The van der Waals surface area contributed by atoms with Crippen molar-refractivity contribution in [2.45, 2.75) is 12.6 Å². The topological polar surface area (TPSA) is 83.4 Å². The number of hydrogen-bond donors (Lipinski definition) is 1. The first-order valence-corrected chi connectivity index (χ1v) is 10.8. The second-order valence-corrected chi connectivity index (χ2v) is 7.68. The Hall–Kier alpha value is -4.01. The van der Waals surface area contributed by atoms with Crippen LogP contribution >= 0.6 is 0 Å². The molecule has 0 aliphatic carbocycles. The SMILES string of the molecule is COc1ccc(NC(=O)N2CCn3cccc3[C@H]2c2cc(OC)c(OC)c(OC)c2)cc1OC. The van der Waals surface area contributed by atoms with Crippen LogP contribution in [0.1, 0.15) is 17.3 Å². The van der Waals surface area contributed by atoms with Crippen molar-refractivity contribution < 1.29 is 28.5 Å². The van der Waals surface area contributed by atoms with Crippen molar-refractivity contribution in [3.05, 3.63) is 59.9 Å². The molecule has 9 nitrogen and oxygen atoms in total. The van der Waals surface area contributed by atoms with Gasteiger partial charge in [-0.2, -0.15) is 0 Å². The van der Waals surface area contributed by atoms with Crippen LogP contribution in [0, 0.1) is 0 Å². The molecule has 0 unspecified atom stereocenters. The summed E-state index contributed by atoms with van der Waals surface area (Å²) >= 11 is 0. The third-order valence-corrected chi connectivity index (χ3v) is 5.94. The van der Waals surface area contributed by atoms with Crippen molar-refractivity contribution in [3.8, 4) is 28.7 Å². The van der Waals surface area contributed by atoms with Crippen molar-refractivity contribution >= 4 is 11.7 Å². The normalized spacial score (nSPS) is 14.7. The summed E-state index contributed by atoms with van der Waals surface area (Å²) < 4.78 is 29.4. The van der Waals surface area contributed by atoms with E-state index in [0.29, 0.717) is 47.5 Å². The van der Waals surface area contributed by atoms with Gasteiger partial charge in [0.2, 0.25) is 5.75 Å². The van der Waals surface area contributed by atoms with E-state index in [0.717, 1.165) is 11.3 Å². The Balaban J connectivity index is 1.72. The maximum absolute atomic E-state index is 13.5. The second-order valence-electron chi connectivity index (χ2n) is 7.68. The predicted molar refractivity (Wildman–Crippen MR) is 128 cm³/mol. The van der Waals surface area contributed by atoms with Crippen molar-refractivity contribution in [1.82, 2.24) is 9.47 Å².